The van der Waals surface area contributed by atoms with E-state index in [9.17, 15) is 4.79 Å². The van der Waals surface area contributed by atoms with Gasteiger partial charge in [0.2, 0.25) is 0 Å². The number of nitrogens with zero attached hydrogens (tertiary/aromatic N) is 1. The monoisotopic (exact) mass is 252 g/mol. The fourth-order valence-electron chi connectivity index (χ4n) is 2.22. The topological polar surface area (TPSA) is 42.0 Å². The van der Waals surface area contributed by atoms with E-state index in [-0.39, 0.29) is 11.3 Å². The van der Waals surface area contributed by atoms with Crippen LogP contribution in [0.2, 0.25) is 0 Å². The van der Waals surface area contributed by atoms with E-state index in [0.29, 0.717) is 18.0 Å². The van der Waals surface area contributed by atoms with Crippen LogP contribution in [0.3, 0.4) is 0 Å². The lowest BCUT2D eigenvalue weighted by atomic mass is 9.88. The SMILES string of the molecule is O=C(NCC1CCCCC1Cl)c1ccncc1. The van der Waals surface area contributed by atoms with E-state index in [2.05, 4.69) is 10.3 Å². The van der Waals surface area contributed by atoms with E-state index in [1.165, 1.54) is 12.8 Å². The van der Waals surface area contributed by atoms with Gasteiger partial charge in [-0.25, -0.2) is 0 Å². The fraction of sp³-hybridized carbons (Fsp3) is 0.538. The van der Waals surface area contributed by atoms with Gasteiger partial charge in [-0.2, -0.15) is 0 Å². The minimum Gasteiger partial charge on any atom is -0.352 e. The number of alkyl halides is 1. The maximum absolute atomic E-state index is 11.8. The number of rotatable bonds is 3. The Hall–Kier alpha value is -1.09. The average molecular weight is 253 g/mol. The normalized spacial score (nSPS) is 24.3. The van der Waals surface area contributed by atoms with E-state index in [4.69, 9.17) is 11.6 Å². The largest absolute Gasteiger partial charge is 0.352 e. The summed E-state index contributed by atoms with van der Waals surface area (Å²) in [5.74, 6) is 0.373. The lowest BCUT2D eigenvalue weighted by Crippen LogP contribution is -2.34. The fourth-order valence-corrected chi connectivity index (χ4v) is 2.59. The van der Waals surface area contributed by atoms with E-state index in [1.807, 2.05) is 0 Å². The van der Waals surface area contributed by atoms with Gasteiger partial charge in [-0.05, 0) is 30.9 Å². The number of nitrogens with one attached hydrogen (secondary N) is 1. The van der Waals surface area contributed by atoms with Crippen molar-refractivity contribution in [3.63, 3.8) is 0 Å². The Labute approximate surface area is 107 Å². The van der Waals surface area contributed by atoms with Crippen LogP contribution in [0.1, 0.15) is 36.0 Å². The Morgan fingerprint density at radius 3 is 2.76 bits per heavy atom. The van der Waals surface area contributed by atoms with Crippen molar-refractivity contribution >= 4 is 17.5 Å². The van der Waals surface area contributed by atoms with Gasteiger partial charge in [-0.3, -0.25) is 9.78 Å². The predicted molar refractivity (Wildman–Crippen MR) is 68.2 cm³/mol. The highest BCUT2D eigenvalue weighted by Gasteiger charge is 2.23. The van der Waals surface area contributed by atoms with Gasteiger partial charge >= 0.3 is 0 Å². The summed E-state index contributed by atoms with van der Waals surface area (Å²) in [5.41, 5.74) is 0.655. The number of hydrogen-bond acceptors (Lipinski definition) is 2. The van der Waals surface area contributed by atoms with Crippen LogP contribution in [0.25, 0.3) is 0 Å². The highest BCUT2D eigenvalue weighted by molar-refractivity contribution is 6.20. The molecule has 1 N–H and O–H groups in total. The molecular weight excluding hydrogens is 236 g/mol. The van der Waals surface area contributed by atoms with Crippen LogP contribution in [0.5, 0.6) is 0 Å². The molecule has 1 aromatic rings. The quantitative estimate of drug-likeness (QED) is 0.841. The molecule has 0 bridgehead atoms. The molecule has 17 heavy (non-hydrogen) atoms. The third-order valence-corrected chi connectivity index (χ3v) is 3.86. The lowest BCUT2D eigenvalue weighted by Gasteiger charge is -2.27. The molecule has 0 aliphatic heterocycles. The van der Waals surface area contributed by atoms with E-state index < -0.39 is 0 Å². The van der Waals surface area contributed by atoms with Gasteiger partial charge < -0.3 is 5.32 Å². The first-order valence-electron chi connectivity index (χ1n) is 6.09. The standard InChI is InChI=1S/C13H17ClN2O/c14-12-4-2-1-3-11(12)9-16-13(17)10-5-7-15-8-6-10/h5-8,11-12H,1-4,9H2,(H,16,17). The van der Waals surface area contributed by atoms with Crippen LogP contribution in [-0.4, -0.2) is 22.8 Å². The summed E-state index contributed by atoms with van der Waals surface area (Å²) in [6.07, 6.45) is 7.86. The summed E-state index contributed by atoms with van der Waals surface area (Å²) in [4.78, 5) is 15.7. The van der Waals surface area contributed by atoms with Gasteiger partial charge in [0, 0.05) is 29.9 Å². The maximum Gasteiger partial charge on any atom is 0.251 e. The molecule has 3 nitrogen and oxygen atoms in total. The molecule has 0 saturated heterocycles. The Morgan fingerprint density at radius 1 is 1.35 bits per heavy atom. The Kier molecular flexibility index (Phi) is 4.37. The van der Waals surface area contributed by atoms with Crippen LogP contribution >= 0.6 is 11.6 Å². The average Bonchev–Trinajstić information content (AvgIpc) is 2.38. The van der Waals surface area contributed by atoms with Gasteiger partial charge in [-0.1, -0.05) is 12.8 Å². The molecular formula is C13H17ClN2O. The first-order valence-corrected chi connectivity index (χ1v) is 6.53. The zero-order chi connectivity index (χ0) is 12.1. The van der Waals surface area contributed by atoms with Gasteiger partial charge in [-0.15, -0.1) is 11.6 Å². The smallest absolute Gasteiger partial charge is 0.251 e. The van der Waals surface area contributed by atoms with Gasteiger partial charge in [0.15, 0.2) is 0 Å². The maximum atomic E-state index is 11.8. The summed E-state index contributed by atoms with van der Waals surface area (Å²) < 4.78 is 0. The first kappa shape index (κ1) is 12.4. The van der Waals surface area contributed by atoms with E-state index in [0.717, 1.165) is 12.8 Å². The highest BCUT2D eigenvalue weighted by atomic mass is 35.5. The summed E-state index contributed by atoms with van der Waals surface area (Å²) >= 11 is 6.25. The van der Waals surface area contributed by atoms with Crippen LogP contribution in [0.15, 0.2) is 24.5 Å². The van der Waals surface area contributed by atoms with Crippen molar-refractivity contribution in [2.75, 3.05) is 6.54 Å². The summed E-state index contributed by atoms with van der Waals surface area (Å²) in [7, 11) is 0. The van der Waals surface area contributed by atoms with Crippen molar-refractivity contribution < 1.29 is 4.79 Å². The third-order valence-electron chi connectivity index (χ3n) is 3.28. The second-order valence-electron chi connectivity index (χ2n) is 4.51. The number of halogens is 1. The molecule has 1 fully saturated rings. The Bertz CT molecular complexity index is 369. The van der Waals surface area contributed by atoms with Crippen molar-refractivity contribution in [1.82, 2.24) is 10.3 Å². The number of amides is 1. The minimum absolute atomic E-state index is 0.0400. The van der Waals surface area contributed by atoms with E-state index >= 15 is 0 Å². The molecule has 0 aromatic carbocycles. The first-order chi connectivity index (χ1) is 8.27. The Morgan fingerprint density at radius 2 is 2.06 bits per heavy atom. The zero-order valence-corrected chi connectivity index (χ0v) is 10.5. The molecule has 1 saturated carbocycles. The molecule has 2 atom stereocenters. The van der Waals surface area contributed by atoms with Gasteiger partial charge in [0.05, 0.1) is 0 Å². The number of aromatic nitrogens is 1. The van der Waals surface area contributed by atoms with Crippen molar-refractivity contribution in [1.29, 1.82) is 0 Å². The molecule has 1 aromatic heterocycles. The van der Waals surface area contributed by atoms with Crippen molar-refractivity contribution in [2.24, 2.45) is 5.92 Å². The molecule has 2 unspecified atom stereocenters. The molecule has 1 heterocycles. The molecule has 2 rings (SSSR count). The molecule has 0 spiro atoms. The van der Waals surface area contributed by atoms with Crippen LogP contribution in [-0.2, 0) is 0 Å². The van der Waals surface area contributed by atoms with Crippen LogP contribution in [0, 0.1) is 5.92 Å². The van der Waals surface area contributed by atoms with Crippen LogP contribution in [0.4, 0.5) is 0 Å². The second-order valence-corrected chi connectivity index (χ2v) is 5.07. The van der Waals surface area contributed by atoms with Gasteiger partial charge in [0.1, 0.15) is 0 Å². The van der Waals surface area contributed by atoms with Crippen LogP contribution < -0.4 is 5.32 Å². The molecule has 1 aliphatic rings. The van der Waals surface area contributed by atoms with Crippen molar-refractivity contribution in [3.8, 4) is 0 Å². The number of hydrogen-bond donors (Lipinski definition) is 1. The van der Waals surface area contributed by atoms with Gasteiger partial charge in [0.25, 0.3) is 5.91 Å². The lowest BCUT2D eigenvalue weighted by molar-refractivity contribution is 0.0944. The number of pyridine rings is 1. The zero-order valence-electron chi connectivity index (χ0n) is 9.73. The number of carbonyl (C=O) groups excluding carboxylic acids is 1. The predicted octanol–water partition coefficient (Wildman–Crippen LogP) is 2.61. The second kappa shape index (κ2) is 6.01. The summed E-state index contributed by atoms with van der Waals surface area (Å²) in [6, 6.07) is 3.43. The van der Waals surface area contributed by atoms with Crippen molar-refractivity contribution in [3.05, 3.63) is 30.1 Å². The summed E-state index contributed by atoms with van der Waals surface area (Å²) in [5, 5.41) is 3.16. The minimum atomic E-state index is -0.0400. The molecule has 0 radical (unpaired) electrons. The number of carbonyl (C=O) groups is 1. The molecule has 4 heteroatoms. The Balaban J connectivity index is 1.84. The van der Waals surface area contributed by atoms with E-state index in [1.54, 1.807) is 24.5 Å². The molecule has 92 valence electrons. The molecule has 1 amide bonds. The highest BCUT2D eigenvalue weighted by Crippen LogP contribution is 2.27. The van der Waals surface area contributed by atoms with Crippen molar-refractivity contribution in [2.45, 2.75) is 31.1 Å². The third kappa shape index (κ3) is 3.43. The molecule has 1 aliphatic carbocycles. The summed E-state index contributed by atoms with van der Waals surface area (Å²) in [6.45, 7) is 0.676.